The first kappa shape index (κ1) is 19.4. The van der Waals surface area contributed by atoms with Crippen LogP contribution in [0, 0.1) is 17.6 Å². The first-order valence-corrected chi connectivity index (χ1v) is 9.12. The maximum Gasteiger partial charge on any atom is 0.201 e. The van der Waals surface area contributed by atoms with Crippen LogP contribution in [0.3, 0.4) is 0 Å². The van der Waals surface area contributed by atoms with Crippen LogP contribution >= 0.6 is 0 Å². The van der Waals surface area contributed by atoms with Crippen LogP contribution in [0.15, 0.2) is 48.6 Å². The first-order chi connectivity index (χ1) is 13.1. The quantitative estimate of drug-likeness (QED) is 0.635. The fourth-order valence-electron chi connectivity index (χ4n) is 3.18. The fraction of sp³-hybridized carbons (Fsp3) is 0.364. The highest BCUT2D eigenvalue weighted by Crippen LogP contribution is 2.31. The van der Waals surface area contributed by atoms with Gasteiger partial charge in [-0.15, -0.1) is 0 Å². The van der Waals surface area contributed by atoms with Gasteiger partial charge in [0.2, 0.25) is 5.82 Å². The van der Waals surface area contributed by atoms with E-state index in [2.05, 4.69) is 6.08 Å². The van der Waals surface area contributed by atoms with Crippen molar-refractivity contribution in [2.45, 2.75) is 25.9 Å². The van der Waals surface area contributed by atoms with E-state index in [0.29, 0.717) is 30.4 Å². The molecule has 2 atom stereocenters. The van der Waals surface area contributed by atoms with Gasteiger partial charge in [0.05, 0.1) is 26.4 Å². The summed E-state index contributed by atoms with van der Waals surface area (Å²) in [5, 5.41) is 0. The number of hydrogen-bond donors (Lipinski definition) is 0. The van der Waals surface area contributed by atoms with Crippen molar-refractivity contribution in [2.75, 3.05) is 20.3 Å². The molecule has 0 bridgehead atoms. The molecule has 2 unspecified atom stereocenters. The van der Waals surface area contributed by atoms with E-state index in [1.54, 1.807) is 24.3 Å². The molecule has 1 aliphatic heterocycles. The lowest BCUT2D eigenvalue weighted by molar-refractivity contribution is -0.00304. The molecular formula is C22H24F2O3. The number of allylic oxidation sites excluding steroid dienone is 1. The van der Waals surface area contributed by atoms with Gasteiger partial charge in [0.15, 0.2) is 11.6 Å². The van der Waals surface area contributed by atoms with E-state index in [-0.39, 0.29) is 17.4 Å². The Morgan fingerprint density at radius 1 is 1.07 bits per heavy atom. The first-order valence-electron chi connectivity index (χ1n) is 9.12. The predicted octanol–water partition coefficient (Wildman–Crippen LogP) is 5.39. The van der Waals surface area contributed by atoms with Gasteiger partial charge < -0.3 is 14.2 Å². The van der Waals surface area contributed by atoms with Gasteiger partial charge in [0, 0.05) is 11.5 Å². The lowest BCUT2D eigenvalue weighted by Crippen LogP contribution is -2.28. The molecule has 5 heteroatoms. The third-order valence-corrected chi connectivity index (χ3v) is 4.73. The maximum atomic E-state index is 14.2. The zero-order chi connectivity index (χ0) is 19.2. The molecule has 0 radical (unpaired) electrons. The van der Waals surface area contributed by atoms with Crippen LogP contribution in [-0.4, -0.2) is 26.4 Å². The lowest BCUT2D eigenvalue weighted by Gasteiger charge is -2.27. The van der Waals surface area contributed by atoms with E-state index in [9.17, 15) is 8.78 Å². The van der Waals surface area contributed by atoms with Crippen LogP contribution in [0.2, 0.25) is 0 Å². The second-order valence-electron chi connectivity index (χ2n) is 6.62. The number of benzene rings is 2. The largest absolute Gasteiger partial charge is 0.494 e. The smallest absolute Gasteiger partial charge is 0.201 e. The van der Waals surface area contributed by atoms with Crippen LogP contribution in [0.1, 0.15) is 19.8 Å². The second-order valence-corrected chi connectivity index (χ2v) is 6.62. The zero-order valence-electron chi connectivity index (χ0n) is 15.6. The van der Waals surface area contributed by atoms with E-state index in [0.717, 1.165) is 12.8 Å². The summed E-state index contributed by atoms with van der Waals surface area (Å²) in [5.41, 5.74) is 0.771. The molecule has 3 nitrogen and oxygen atoms in total. The summed E-state index contributed by atoms with van der Waals surface area (Å²) in [7, 11) is 1.31. The molecule has 1 heterocycles. The van der Waals surface area contributed by atoms with E-state index in [4.69, 9.17) is 14.2 Å². The zero-order valence-corrected chi connectivity index (χ0v) is 15.6. The van der Waals surface area contributed by atoms with Crippen molar-refractivity contribution in [3.8, 4) is 22.6 Å². The fourth-order valence-corrected chi connectivity index (χ4v) is 3.18. The van der Waals surface area contributed by atoms with Crippen LogP contribution in [0.4, 0.5) is 8.78 Å². The molecule has 144 valence electrons. The minimum Gasteiger partial charge on any atom is -0.494 e. The number of ether oxygens (including phenoxy) is 3. The Morgan fingerprint density at radius 3 is 2.48 bits per heavy atom. The summed E-state index contributed by atoms with van der Waals surface area (Å²) in [6.07, 6.45) is 6.37. The Bertz CT molecular complexity index is 779. The van der Waals surface area contributed by atoms with Crippen LogP contribution < -0.4 is 9.47 Å². The highest BCUT2D eigenvalue weighted by molar-refractivity contribution is 5.66. The summed E-state index contributed by atoms with van der Waals surface area (Å²) in [6.45, 7) is 3.26. The SMILES string of the molecule is CC=CC1CCC(COc2ccc(-c3ccc(OC)c(F)c3F)cc2)CO1. The second kappa shape index (κ2) is 9.00. The minimum absolute atomic E-state index is 0.109. The van der Waals surface area contributed by atoms with E-state index < -0.39 is 11.6 Å². The van der Waals surface area contributed by atoms with Crippen LogP contribution in [0.25, 0.3) is 11.1 Å². The molecule has 0 saturated carbocycles. The van der Waals surface area contributed by atoms with Crippen molar-refractivity contribution < 1.29 is 23.0 Å². The number of methoxy groups -OCH3 is 1. The Morgan fingerprint density at radius 2 is 1.85 bits per heavy atom. The van der Waals surface area contributed by atoms with Gasteiger partial charge in [0.25, 0.3) is 0 Å². The Kier molecular flexibility index (Phi) is 6.45. The monoisotopic (exact) mass is 374 g/mol. The average Bonchev–Trinajstić information content (AvgIpc) is 2.70. The molecular weight excluding hydrogens is 350 g/mol. The van der Waals surface area contributed by atoms with Crippen LogP contribution in [-0.2, 0) is 4.74 Å². The predicted molar refractivity (Wildman–Crippen MR) is 101 cm³/mol. The Balaban J connectivity index is 1.59. The number of halogens is 2. The molecule has 1 aliphatic rings. The van der Waals surface area contributed by atoms with Crippen molar-refractivity contribution >= 4 is 0 Å². The molecule has 0 N–H and O–H groups in total. The standard InChI is InChI=1S/C22H24F2O3/c1-3-4-17-8-5-15(13-26-17)14-27-18-9-6-16(7-10-18)19-11-12-20(25-2)22(24)21(19)23/h3-4,6-7,9-12,15,17H,5,8,13-14H2,1-2H3. The molecule has 27 heavy (non-hydrogen) atoms. The van der Waals surface area contributed by atoms with Crippen molar-refractivity contribution in [1.82, 2.24) is 0 Å². The van der Waals surface area contributed by atoms with Gasteiger partial charge in [-0.3, -0.25) is 0 Å². The number of hydrogen-bond acceptors (Lipinski definition) is 3. The lowest BCUT2D eigenvalue weighted by atomic mass is 9.99. The van der Waals surface area contributed by atoms with Gasteiger partial charge in [0.1, 0.15) is 5.75 Å². The summed E-state index contributed by atoms with van der Waals surface area (Å²) in [6, 6.07) is 9.90. The van der Waals surface area contributed by atoms with Gasteiger partial charge in [-0.2, -0.15) is 4.39 Å². The highest BCUT2D eigenvalue weighted by Gasteiger charge is 2.20. The Hall–Kier alpha value is -2.40. The Labute approximate surface area is 158 Å². The maximum absolute atomic E-state index is 14.2. The third-order valence-electron chi connectivity index (χ3n) is 4.73. The van der Waals surface area contributed by atoms with Gasteiger partial charge in [-0.05, 0) is 49.6 Å². The molecule has 0 spiro atoms. The average molecular weight is 374 g/mol. The molecule has 0 amide bonds. The van der Waals surface area contributed by atoms with E-state index >= 15 is 0 Å². The molecule has 0 aromatic heterocycles. The van der Waals surface area contributed by atoms with Gasteiger partial charge >= 0.3 is 0 Å². The summed E-state index contributed by atoms with van der Waals surface area (Å²) in [5.74, 6) is -0.951. The summed E-state index contributed by atoms with van der Waals surface area (Å²) in [4.78, 5) is 0. The van der Waals surface area contributed by atoms with Crippen molar-refractivity contribution in [3.63, 3.8) is 0 Å². The topological polar surface area (TPSA) is 27.7 Å². The third kappa shape index (κ3) is 4.66. The normalized spacial score (nSPS) is 20.0. The van der Waals surface area contributed by atoms with E-state index in [1.807, 2.05) is 13.0 Å². The van der Waals surface area contributed by atoms with Gasteiger partial charge in [-0.1, -0.05) is 24.3 Å². The summed E-state index contributed by atoms with van der Waals surface area (Å²) >= 11 is 0. The summed E-state index contributed by atoms with van der Waals surface area (Å²) < 4.78 is 44.5. The highest BCUT2D eigenvalue weighted by atomic mass is 19.2. The van der Waals surface area contributed by atoms with Gasteiger partial charge in [-0.25, -0.2) is 4.39 Å². The van der Waals surface area contributed by atoms with E-state index in [1.165, 1.54) is 19.2 Å². The van der Waals surface area contributed by atoms with Crippen molar-refractivity contribution in [2.24, 2.45) is 5.92 Å². The molecule has 1 saturated heterocycles. The molecule has 2 aromatic carbocycles. The molecule has 0 aliphatic carbocycles. The molecule has 2 aromatic rings. The minimum atomic E-state index is -0.983. The molecule has 3 rings (SSSR count). The van der Waals surface area contributed by atoms with Crippen molar-refractivity contribution in [1.29, 1.82) is 0 Å². The van der Waals surface area contributed by atoms with Crippen molar-refractivity contribution in [3.05, 3.63) is 60.2 Å². The number of rotatable bonds is 6. The van der Waals surface area contributed by atoms with Crippen LogP contribution in [0.5, 0.6) is 11.5 Å². The molecule has 1 fully saturated rings.